The molecule has 3 aromatic carbocycles. The van der Waals surface area contributed by atoms with E-state index < -0.39 is 0 Å². The molecule has 0 unspecified atom stereocenters. The Hall–Kier alpha value is -4.32. The first-order valence-corrected chi connectivity index (χ1v) is 10.4. The maximum atomic E-state index is 11.7. The summed E-state index contributed by atoms with van der Waals surface area (Å²) in [5.74, 6) is 2.14. The van der Waals surface area contributed by atoms with Gasteiger partial charge in [-0.25, -0.2) is 0 Å². The minimum Gasteiger partial charge on any atom is -0.389 e. The number of hydrogen-bond donors (Lipinski definition) is 1. The molecule has 0 fully saturated rings. The van der Waals surface area contributed by atoms with Crippen molar-refractivity contribution in [2.45, 2.75) is 0 Å². The van der Waals surface area contributed by atoms with Crippen molar-refractivity contribution in [1.82, 2.24) is 4.81 Å². The van der Waals surface area contributed by atoms with Crippen LogP contribution in [0.1, 0.15) is 11.1 Å². The predicted molar refractivity (Wildman–Crippen MR) is 130 cm³/mol. The zero-order valence-electron chi connectivity index (χ0n) is 17.3. The number of benzene rings is 3. The van der Waals surface area contributed by atoms with Crippen molar-refractivity contribution in [2.24, 2.45) is 0 Å². The van der Waals surface area contributed by atoms with Crippen LogP contribution in [-0.2, 0) is 0 Å². The third-order valence-corrected chi connectivity index (χ3v) is 5.63. The second-order valence-corrected chi connectivity index (χ2v) is 7.58. The Morgan fingerprint density at radius 3 is 2.19 bits per heavy atom. The number of nitrogens with zero attached hydrogens (tertiary/aromatic N) is 2. The van der Waals surface area contributed by atoms with Gasteiger partial charge in [-0.3, -0.25) is 10.1 Å². The Balaban J connectivity index is 1.76. The Morgan fingerprint density at radius 1 is 0.812 bits per heavy atom. The number of nitro groups is 1. The van der Waals surface area contributed by atoms with Gasteiger partial charge >= 0.3 is 6.85 Å². The molecular weight excluding hydrogens is 397 g/mol. The topological polar surface area (TPSA) is 58.4 Å². The minimum absolute atomic E-state index is 0.0277. The van der Waals surface area contributed by atoms with E-state index in [-0.39, 0.29) is 17.5 Å². The van der Waals surface area contributed by atoms with Crippen molar-refractivity contribution >= 4 is 29.3 Å². The van der Waals surface area contributed by atoms with Crippen molar-refractivity contribution in [2.75, 3.05) is 5.32 Å². The third-order valence-electron chi connectivity index (χ3n) is 5.63. The first kappa shape index (κ1) is 19.6. The average Bonchev–Trinajstić information content (AvgIpc) is 2.85. The molecule has 5 nitrogen and oxygen atoms in total. The predicted octanol–water partition coefficient (Wildman–Crippen LogP) is 5.93. The van der Waals surface area contributed by atoms with E-state index in [1.807, 2.05) is 54.6 Å². The molecule has 0 saturated carbocycles. The van der Waals surface area contributed by atoms with Crippen LogP contribution in [0, 0.1) is 10.1 Å². The molecule has 0 spiro atoms. The number of para-hydroxylation sites is 2. The van der Waals surface area contributed by atoms with Gasteiger partial charge < -0.3 is 10.1 Å². The van der Waals surface area contributed by atoms with E-state index in [2.05, 4.69) is 52.8 Å². The molecule has 0 saturated heterocycles. The molecule has 6 heteroatoms. The molecule has 0 aliphatic carbocycles. The van der Waals surface area contributed by atoms with E-state index >= 15 is 0 Å². The molecule has 0 aromatic heterocycles. The fourth-order valence-electron chi connectivity index (χ4n) is 4.16. The number of allylic oxidation sites excluding steroid dienone is 3. The Morgan fingerprint density at radius 2 is 1.47 bits per heavy atom. The number of anilines is 1. The van der Waals surface area contributed by atoms with Crippen molar-refractivity contribution in [3.63, 3.8) is 0 Å². The van der Waals surface area contributed by atoms with Crippen LogP contribution in [-0.4, -0.2) is 16.6 Å². The SMILES string of the molecule is O=[N+]([O-])c1ccccc1NC1=C(c2ccccc2)B2C=CC=CN2C=C1c1ccccc1. The monoisotopic (exact) mass is 417 g/mol. The van der Waals surface area contributed by atoms with Gasteiger partial charge in [0.2, 0.25) is 0 Å². The molecular formula is C26H20BN3O2. The van der Waals surface area contributed by atoms with Gasteiger partial charge in [-0.2, -0.15) is 0 Å². The molecule has 0 atom stereocenters. The van der Waals surface area contributed by atoms with Crippen LogP contribution in [0.2, 0.25) is 0 Å². The van der Waals surface area contributed by atoms with Crippen LogP contribution < -0.4 is 5.32 Å². The van der Waals surface area contributed by atoms with E-state index in [1.54, 1.807) is 12.1 Å². The molecule has 2 aliphatic heterocycles. The van der Waals surface area contributed by atoms with Crippen molar-refractivity contribution in [3.8, 4) is 0 Å². The lowest BCUT2D eigenvalue weighted by Crippen LogP contribution is -2.37. The lowest BCUT2D eigenvalue weighted by atomic mass is 9.49. The van der Waals surface area contributed by atoms with Crippen LogP contribution in [0.5, 0.6) is 0 Å². The van der Waals surface area contributed by atoms with E-state index in [4.69, 9.17) is 0 Å². The van der Waals surface area contributed by atoms with Crippen molar-refractivity contribution in [1.29, 1.82) is 0 Å². The van der Waals surface area contributed by atoms with Gasteiger partial charge in [0.1, 0.15) is 5.69 Å². The normalized spacial score (nSPS) is 14.8. The summed E-state index contributed by atoms with van der Waals surface area (Å²) < 4.78 is 0. The first-order valence-electron chi connectivity index (χ1n) is 10.4. The van der Waals surface area contributed by atoms with Gasteiger partial charge in [-0.15, -0.1) is 0 Å². The van der Waals surface area contributed by atoms with Gasteiger partial charge in [0.25, 0.3) is 5.69 Å². The molecule has 0 amide bonds. The summed E-state index contributed by atoms with van der Waals surface area (Å²) in [7, 11) is 0. The van der Waals surface area contributed by atoms with Crippen LogP contribution >= 0.6 is 0 Å². The first-order chi connectivity index (χ1) is 15.7. The smallest absolute Gasteiger partial charge is 0.322 e. The van der Waals surface area contributed by atoms with Gasteiger partial charge in [0, 0.05) is 23.5 Å². The molecule has 1 N–H and O–H groups in total. The molecule has 2 aliphatic rings. The van der Waals surface area contributed by atoms with Gasteiger partial charge in [-0.05, 0) is 34.9 Å². The molecule has 5 rings (SSSR count). The van der Waals surface area contributed by atoms with Crippen LogP contribution in [0.15, 0.2) is 121 Å². The van der Waals surface area contributed by atoms with Gasteiger partial charge in [0.05, 0.1) is 4.92 Å². The average molecular weight is 417 g/mol. The zero-order valence-corrected chi connectivity index (χ0v) is 17.3. The van der Waals surface area contributed by atoms with E-state index in [0.29, 0.717) is 5.69 Å². The fourth-order valence-corrected chi connectivity index (χ4v) is 4.16. The third kappa shape index (κ3) is 3.63. The number of nitro benzene ring substituents is 1. The zero-order chi connectivity index (χ0) is 21.9. The number of nitrogens with one attached hydrogen (secondary N) is 1. The summed E-state index contributed by atoms with van der Waals surface area (Å²) >= 11 is 0. The molecule has 3 aromatic rings. The summed E-state index contributed by atoms with van der Waals surface area (Å²) in [6, 6.07) is 27.0. The Kier molecular flexibility index (Phi) is 5.18. The lowest BCUT2D eigenvalue weighted by Gasteiger charge is -2.35. The minimum atomic E-state index is -0.352. The Labute approximate surface area is 187 Å². The fraction of sp³-hybridized carbons (Fsp3) is 0. The van der Waals surface area contributed by atoms with Crippen LogP contribution in [0.25, 0.3) is 11.0 Å². The largest absolute Gasteiger partial charge is 0.389 e. The molecule has 0 bridgehead atoms. The number of rotatable bonds is 5. The second kappa shape index (κ2) is 8.43. The maximum Gasteiger partial charge on any atom is 0.322 e. The summed E-state index contributed by atoms with van der Waals surface area (Å²) in [5.41, 5.74) is 5.49. The van der Waals surface area contributed by atoms with E-state index in [9.17, 15) is 10.1 Å². The summed E-state index contributed by atoms with van der Waals surface area (Å²) in [6.07, 6.45) is 8.20. The second-order valence-electron chi connectivity index (χ2n) is 7.58. The number of hydrogen-bond acceptors (Lipinski definition) is 4. The van der Waals surface area contributed by atoms with Crippen molar-refractivity contribution in [3.05, 3.63) is 142 Å². The standard InChI is InChI=1S/C26H20BN3O2/c31-30(32)24-16-8-7-15-23(24)28-26-22(20-11-3-1-4-12-20)19-29-18-10-9-17-27(29)25(26)21-13-5-2-6-14-21/h1-19,28H. The van der Waals surface area contributed by atoms with Crippen LogP contribution in [0.4, 0.5) is 11.4 Å². The summed E-state index contributed by atoms with van der Waals surface area (Å²) in [4.78, 5) is 13.5. The number of fused-ring (bicyclic) bond motifs is 1. The summed E-state index contributed by atoms with van der Waals surface area (Å²) in [5, 5.41) is 15.1. The van der Waals surface area contributed by atoms with Gasteiger partial charge in [0.15, 0.2) is 0 Å². The summed E-state index contributed by atoms with van der Waals surface area (Å²) in [6.45, 7) is -0.0277. The highest BCUT2D eigenvalue weighted by Gasteiger charge is 2.34. The van der Waals surface area contributed by atoms with E-state index in [1.165, 1.54) is 6.07 Å². The van der Waals surface area contributed by atoms with Gasteiger partial charge in [-0.1, -0.05) is 84.8 Å². The van der Waals surface area contributed by atoms with Crippen molar-refractivity contribution < 1.29 is 4.92 Å². The molecule has 0 radical (unpaired) electrons. The molecule has 154 valence electrons. The maximum absolute atomic E-state index is 11.7. The highest BCUT2D eigenvalue weighted by Crippen LogP contribution is 2.40. The lowest BCUT2D eigenvalue weighted by molar-refractivity contribution is -0.383. The van der Waals surface area contributed by atoms with E-state index in [0.717, 1.165) is 27.9 Å². The highest BCUT2D eigenvalue weighted by atomic mass is 16.6. The molecule has 32 heavy (non-hydrogen) atoms. The highest BCUT2D eigenvalue weighted by molar-refractivity contribution is 6.82. The quantitative estimate of drug-likeness (QED) is 0.318. The van der Waals surface area contributed by atoms with Crippen LogP contribution in [0.3, 0.4) is 0 Å². The Bertz CT molecular complexity index is 1280. The molecule has 2 heterocycles.